The molecule has 0 radical (unpaired) electrons. The number of nitrogens with one attached hydrogen (secondary N) is 1. The summed E-state index contributed by atoms with van der Waals surface area (Å²) in [7, 11) is 0. The van der Waals surface area contributed by atoms with Gasteiger partial charge in [-0.3, -0.25) is 4.79 Å². The third kappa shape index (κ3) is 2.72. The second kappa shape index (κ2) is 5.88. The summed E-state index contributed by atoms with van der Waals surface area (Å²) < 4.78 is 5.51. The van der Waals surface area contributed by atoms with E-state index >= 15 is 0 Å². The molecule has 0 atom stereocenters. The Morgan fingerprint density at radius 3 is 2.70 bits per heavy atom. The van der Waals surface area contributed by atoms with Gasteiger partial charge in [0, 0.05) is 11.6 Å². The first-order valence-electron chi connectivity index (χ1n) is 8.05. The van der Waals surface area contributed by atoms with Crippen molar-refractivity contribution in [2.45, 2.75) is 31.7 Å². The zero-order chi connectivity index (χ0) is 15.6. The van der Waals surface area contributed by atoms with Gasteiger partial charge in [0.2, 0.25) is 0 Å². The molecule has 1 aliphatic rings. The third-order valence-corrected chi connectivity index (χ3v) is 4.48. The Balaban J connectivity index is 1.66. The van der Waals surface area contributed by atoms with E-state index in [4.69, 9.17) is 4.42 Å². The maximum absolute atomic E-state index is 12.5. The summed E-state index contributed by atoms with van der Waals surface area (Å²) in [5.74, 6) is 0.389. The molecular weight excluding hydrogens is 288 g/mol. The largest absolute Gasteiger partial charge is 0.443 e. The van der Waals surface area contributed by atoms with Crippen LogP contribution in [0.25, 0.3) is 22.1 Å². The fraction of sp³-hybridized carbons (Fsp3) is 0.263. The summed E-state index contributed by atoms with van der Waals surface area (Å²) in [6.45, 7) is 0. The molecule has 0 aliphatic heterocycles. The zero-order valence-electron chi connectivity index (χ0n) is 12.8. The van der Waals surface area contributed by atoms with Crippen molar-refractivity contribution in [2.24, 2.45) is 0 Å². The van der Waals surface area contributed by atoms with Gasteiger partial charge in [-0.2, -0.15) is 0 Å². The average molecular weight is 306 g/mol. The SMILES string of the molecule is O=C(NC1CCCC1)c1ncoc1-c1ccc2ccccc2c1. The fourth-order valence-electron chi connectivity index (χ4n) is 3.27. The Labute approximate surface area is 134 Å². The quantitative estimate of drug-likeness (QED) is 0.790. The van der Waals surface area contributed by atoms with Gasteiger partial charge in [0.05, 0.1) is 0 Å². The molecule has 1 N–H and O–H groups in total. The number of hydrogen-bond acceptors (Lipinski definition) is 3. The molecule has 4 nitrogen and oxygen atoms in total. The van der Waals surface area contributed by atoms with Gasteiger partial charge in [0.15, 0.2) is 17.8 Å². The number of aromatic nitrogens is 1. The molecule has 0 saturated heterocycles. The number of amides is 1. The van der Waals surface area contributed by atoms with Crippen LogP contribution >= 0.6 is 0 Å². The van der Waals surface area contributed by atoms with E-state index < -0.39 is 0 Å². The molecule has 0 spiro atoms. The minimum Gasteiger partial charge on any atom is -0.443 e. The third-order valence-electron chi connectivity index (χ3n) is 4.48. The van der Waals surface area contributed by atoms with Crippen LogP contribution in [-0.4, -0.2) is 16.9 Å². The Morgan fingerprint density at radius 2 is 1.87 bits per heavy atom. The molecule has 4 heteroatoms. The Hall–Kier alpha value is -2.62. The highest BCUT2D eigenvalue weighted by Gasteiger charge is 2.23. The van der Waals surface area contributed by atoms with Crippen LogP contribution in [0, 0.1) is 0 Å². The van der Waals surface area contributed by atoms with Crippen LogP contribution in [0.2, 0.25) is 0 Å². The lowest BCUT2D eigenvalue weighted by atomic mass is 10.0. The van der Waals surface area contributed by atoms with Gasteiger partial charge >= 0.3 is 0 Å². The van der Waals surface area contributed by atoms with E-state index in [0.29, 0.717) is 11.5 Å². The van der Waals surface area contributed by atoms with Gasteiger partial charge in [0.1, 0.15) is 0 Å². The molecular formula is C19H18N2O2. The molecule has 1 fully saturated rings. The summed E-state index contributed by atoms with van der Waals surface area (Å²) in [5, 5.41) is 5.34. The Bertz CT molecular complexity index is 847. The number of oxazole rings is 1. The molecule has 1 saturated carbocycles. The molecule has 116 valence electrons. The fourth-order valence-corrected chi connectivity index (χ4v) is 3.27. The number of hydrogen-bond donors (Lipinski definition) is 1. The van der Waals surface area contributed by atoms with Crippen LogP contribution in [0.5, 0.6) is 0 Å². The smallest absolute Gasteiger partial charge is 0.274 e. The normalized spacial score (nSPS) is 15.1. The van der Waals surface area contributed by atoms with Crippen LogP contribution < -0.4 is 5.32 Å². The maximum atomic E-state index is 12.5. The lowest BCUT2D eigenvalue weighted by molar-refractivity contribution is 0.0933. The molecule has 1 heterocycles. The van der Waals surface area contributed by atoms with E-state index in [1.165, 1.54) is 19.2 Å². The molecule has 23 heavy (non-hydrogen) atoms. The lowest BCUT2D eigenvalue weighted by Gasteiger charge is -2.11. The monoisotopic (exact) mass is 306 g/mol. The molecule has 3 aromatic rings. The molecule has 4 rings (SSSR count). The van der Waals surface area contributed by atoms with Gasteiger partial charge in [0.25, 0.3) is 5.91 Å². The summed E-state index contributed by atoms with van der Waals surface area (Å²) in [5.41, 5.74) is 1.24. The van der Waals surface area contributed by atoms with Crippen LogP contribution in [0.1, 0.15) is 36.2 Å². The molecule has 1 aromatic heterocycles. The molecule has 2 aromatic carbocycles. The van der Waals surface area contributed by atoms with E-state index in [2.05, 4.69) is 16.4 Å². The molecule has 0 unspecified atom stereocenters. The standard InChI is InChI=1S/C19H18N2O2/c22-19(21-16-7-3-4-8-16)17-18(23-12-20-17)15-10-9-13-5-1-2-6-14(13)11-15/h1-2,5-6,9-12,16H,3-4,7-8H2,(H,21,22). The van der Waals surface area contributed by atoms with E-state index in [9.17, 15) is 4.79 Å². The van der Waals surface area contributed by atoms with E-state index in [1.54, 1.807) is 0 Å². The van der Waals surface area contributed by atoms with E-state index in [0.717, 1.165) is 29.2 Å². The summed E-state index contributed by atoms with van der Waals surface area (Å²) in [4.78, 5) is 16.6. The second-order valence-corrected chi connectivity index (χ2v) is 6.05. The number of benzene rings is 2. The topological polar surface area (TPSA) is 55.1 Å². The van der Waals surface area contributed by atoms with Crippen LogP contribution in [0.15, 0.2) is 53.3 Å². The van der Waals surface area contributed by atoms with Gasteiger partial charge in [-0.1, -0.05) is 49.2 Å². The van der Waals surface area contributed by atoms with E-state index in [1.807, 2.05) is 36.4 Å². The molecule has 0 bridgehead atoms. The van der Waals surface area contributed by atoms with Crippen molar-refractivity contribution in [1.82, 2.24) is 10.3 Å². The minimum atomic E-state index is -0.145. The minimum absolute atomic E-state index is 0.145. The van der Waals surface area contributed by atoms with Gasteiger partial charge in [-0.25, -0.2) is 4.98 Å². The van der Waals surface area contributed by atoms with Crippen molar-refractivity contribution >= 4 is 16.7 Å². The van der Waals surface area contributed by atoms with Gasteiger partial charge in [-0.15, -0.1) is 0 Å². The Morgan fingerprint density at radius 1 is 1.09 bits per heavy atom. The van der Waals surface area contributed by atoms with Crippen molar-refractivity contribution in [1.29, 1.82) is 0 Å². The maximum Gasteiger partial charge on any atom is 0.274 e. The van der Waals surface area contributed by atoms with Crippen molar-refractivity contribution in [2.75, 3.05) is 0 Å². The number of carbonyl (C=O) groups excluding carboxylic acids is 1. The highest BCUT2D eigenvalue weighted by molar-refractivity contribution is 5.98. The molecule has 1 aliphatic carbocycles. The number of fused-ring (bicyclic) bond motifs is 1. The first kappa shape index (κ1) is 14.0. The highest BCUT2D eigenvalue weighted by atomic mass is 16.3. The number of carbonyl (C=O) groups is 1. The lowest BCUT2D eigenvalue weighted by Crippen LogP contribution is -2.33. The summed E-state index contributed by atoms with van der Waals surface area (Å²) in [6.07, 6.45) is 5.81. The van der Waals surface area contributed by atoms with E-state index in [-0.39, 0.29) is 11.9 Å². The first-order chi connectivity index (χ1) is 11.3. The summed E-state index contributed by atoms with van der Waals surface area (Å²) >= 11 is 0. The zero-order valence-corrected chi connectivity index (χ0v) is 12.8. The van der Waals surface area contributed by atoms with Gasteiger partial charge in [-0.05, 0) is 29.7 Å². The van der Waals surface area contributed by atoms with Crippen molar-refractivity contribution in [3.8, 4) is 11.3 Å². The van der Waals surface area contributed by atoms with Crippen LogP contribution in [0.4, 0.5) is 0 Å². The number of nitrogens with zero attached hydrogens (tertiary/aromatic N) is 1. The number of rotatable bonds is 3. The predicted molar refractivity (Wildman–Crippen MR) is 89.2 cm³/mol. The van der Waals surface area contributed by atoms with Gasteiger partial charge < -0.3 is 9.73 Å². The van der Waals surface area contributed by atoms with Crippen LogP contribution in [-0.2, 0) is 0 Å². The van der Waals surface area contributed by atoms with Crippen molar-refractivity contribution < 1.29 is 9.21 Å². The highest BCUT2D eigenvalue weighted by Crippen LogP contribution is 2.27. The predicted octanol–water partition coefficient (Wildman–Crippen LogP) is 4.17. The summed E-state index contributed by atoms with van der Waals surface area (Å²) in [6, 6.07) is 14.4. The first-order valence-corrected chi connectivity index (χ1v) is 8.05. The van der Waals surface area contributed by atoms with Crippen LogP contribution in [0.3, 0.4) is 0 Å². The van der Waals surface area contributed by atoms with Crippen molar-refractivity contribution in [3.05, 3.63) is 54.6 Å². The van der Waals surface area contributed by atoms with Crippen molar-refractivity contribution in [3.63, 3.8) is 0 Å². The average Bonchev–Trinajstić information content (AvgIpc) is 3.25. The molecule has 1 amide bonds. The Kier molecular flexibility index (Phi) is 3.58. The second-order valence-electron chi connectivity index (χ2n) is 6.05.